The van der Waals surface area contributed by atoms with Gasteiger partial charge in [0.2, 0.25) is 0 Å². The molecule has 1 aliphatic rings. The van der Waals surface area contributed by atoms with Crippen LogP contribution in [0.25, 0.3) is 17.4 Å². The largest absolute Gasteiger partial charge is 0.457 e. The molecule has 0 aliphatic carbocycles. The van der Waals surface area contributed by atoms with Gasteiger partial charge in [-0.25, -0.2) is 5.01 Å². The number of nitrogens with one attached hydrogen (secondary N) is 1. The number of furan rings is 1. The van der Waals surface area contributed by atoms with Crippen LogP contribution in [0.15, 0.2) is 76.7 Å². The van der Waals surface area contributed by atoms with Crippen LogP contribution < -0.4 is 10.4 Å². The van der Waals surface area contributed by atoms with Gasteiger partial charge in [0.15, 0.2) is 0 Å². The van der Waals surface area contributed by atoms with E-state index in [0.29, 0.717) is 22.2 Å². The molecule has 1 saturated heterocycles. The van der Waals surface area contributed by atoms with Gasteiger partial charge in [-0.3, -0.25) is 15.0 Å². The molecule has 2 amide bonds. The third kappa shape index (κ3) is 3.00. The van der Waals surface area contributed by atoms with Crippen LogP contribution in [-0.4, -0.2) is 11.8 Å². The number of rotatable bonds is 3. The molecule has 0 unspecified atom stereocenters. The fourth-order valence-corrected chi connectivity index (χ4v) is 2.87. The first kappa shape index (κ1) is 16.2. The van der Waals surface area contributed by atoms with Gasteiger partial charge in [0.1, 0.15) is 17.1 Å². The van der Waals surface area contributed by atoms with Crippen LogP contribution in [0.1, 0.15) is 5.76 Å². The average Bonchev–Trinajstić information content (AvgIpc) is 3.23. The summed E-state index contributed by atoms with van der Waals surface area (Å²) in [4.78, 5) is 24.8. The van der Waals surface area contributed by atoms with Crippen molar-refractivity contribution in [1.29, 1.82) is 0 Å². The number of hydrogen-bond acceptors (Lipinski definition) is 3. The minimum absolute atomic E-state index is 0.000984. The van der Waals surface area contributed by atoms with E-state index in [1.807, 2.05) is 30.3 Å². The van der Waals surface area contributed by atoms with Gasteiger partial charge in [0.05, 0.1) is 5.69 Å². The number of anilines is 1. The molecule has 128 valence electrons. The standard InChI is InChI=1S/C20H13ClN2O3/c21-14-7-4-8-15(11-14)23-20(25)17(19(24)22-23)12-16-9-10-18(26-16)13-5-2-1-3-6-13/h1-12H,(H,22,24)/b17-12+. The molecule has 26 heavy (non-hydrogen) atoms. The fourth-order valence-electron chi connectivity index (χ4n) is 2.68. The average molecular weight is 365 g/mol. The zero-order valence-corrected chi connectivity index (χ0v) is 14.2. The lowest BCUT2D eigenvalue weighted by molar-refractivity contribution is -0.117. The molecule has 3 aromatic rings. The Labute approximate surface area is 154 Å². The minimum Gasteiger partial charge on any atom is -0.457 e. The summed E-state index contributed by atoms with van der Waals surface area (Å²) in [6, 6.07) is 19.8. The third-order valence-electron chi connectivity index (χ3n) is 3.93. The van der Waals surface area contributed by atoms with E-state index in [4.69, 9.17) is 16.0 Å². The number of hydrazine groups is 1. The number of halogens is 1. The van der Waals surface area contributed by atoms with E-state index >= 15 is 0 Å². The van der Waals surface area contributed by atoms with Crippen molar-refractivity contribution >= 4 is 35.2 Å². The summed E-state index contributed by atoms with van der Waals surface area (Å²) in [6.45, 7) is 0. The summed E-state index contributed by atoms with van der Waals surface area (Å²) >= 11 is 5.95. The normalized spacial score (nSPS) is 15.6. The Balaban J connectivity index is 1.63. The highest BCUT2D eigenvalue weighted by molar-refractivity contribution is 6.33. The van der Waals surface area contributed by atoms with Crippen LogP contribution in [0.5, 0.6) is 0 Å². The maximum absolute atomic E-state index is 12.6. The molecular formula is C20H13ClN2O3. The molecular weight excluding hydrogens is 352 g/mol. The van der Waals surface area contributed by atoms with E-state index in [2.05, 4.69) is 5.43 Å². The molecule has 1 N–H and O–H groups in total. The number of hydrogen-bond donors (Lipinski definition) is 1. The number of carbonyl (C=O) groups excluding carboxylic acids is 2. The zero-order valence-electron chi connectivity index (χ0n) is 13.5. The molecule has 1 fully saturated rings. The number of carbonyl (C=O) groups is 2. The Bertz CT molecular complexity index is 1020. The second-order valence-electron chi connectivity index (χ2n) is 5.69. The lowest BCUT2D eigenvalue weighted by atomic mass is 10.2. The van der Waals surface area contributed by atoms with Crippen LogP contribution in [0.2, 0.25) is 5.02 Å². The fraction of sp³-hybridized carbons (Fsp3) is 0. The maximum Gasteiger partial charge on any atom is 0.282 e. The van der Waals surface area contributed by atoms with Crippen molar-refractivity contribution in [3.05, 3.63) is 83.1 Å². The molecule has 2 heterocycles. The summed E-state index contributed by atoms with van der Waals surface area (Å²) in [5.41, 5.74) is 3.94. The summed E-state index contributed by atoms with van der Waals surface area (Å²) in [5.74, 6) is 0.132. The Morgan fingerprint density at radius 2 is 1.77 bits per heavy atom. The highest BCUT2D eigenvalue weighted by Gasteiger charge is 2.34. The number of amides is 2. The van der Waals surface area contributed by atoms with Crippen LogP contribution in [0.4, 0.5) is 5.69 Å². The van der Waals surface area contributed by atoms with Crippen LogP contribution >= 0.6 is 11.6 Å². The van der Waals surface area contributed by atoms with E-state index in [1.165, 1.54) is 11.1 Å². The van der Waals surface area contributed by atoms with Crippen LogP contribution in [0, 0.1) is 0 Å². The number of nitrogens with zero attached hydrogens (tertiary/aromatic N) is 1. The molecule has 2 aromatic carbocycles. The van der Waals surface area contributed by atoms with Crippen molar-refractivity contribution in [3.63, 3.8) is 0 Å². The smallest absolute Gasteiger partial charge is 0.282 e. The highest BCUT2D eigenvalue weighted by Crippen LogP contribution is 2.26. The first-order valence-corrected chi connectivity index (χ1v) is 8.27. The second kappa shape index (κ2) is 6.54. The topological polar surface area (TPSA) is 62.6 Å². The molecule has 0 radical (unpaired) electrons. The Morgan fingerprint density at radius 3 is 2.54 bits per heavy atom. The lowest BCUT2D eigenvalue weighted by Crippen LogP contribution is -2.35. The molecule has 0 atom stereocenters. The van der Waals surface area contributed by atoms with Crippen molar-refractivity contribution in [2.24, 2.45) is 0 Å². The van der Waals surface area contributed by atoms with E-state index in [1.54, 1.807) is 36.4 Å². The first-order chi connectivity index (χ1) is 12.6. The van der Waals surface area contributed by atoms with Gasteiger partial charge in [-0.1, -0.05) is 48.0 Å². The lowest BCUT2D eigenvalue weighted by Gasteiger charge is -2.14. The predicted molar refractivity (Wildman–Crippen MR) is 99.2 cm³/mol. The van der Waals surface area contributed by atoms with Gasteiger partial charge >= 0.3 is 0 Å². The second-order valence-corrected chi connectivity index (χ2v) is 6.12. The van der Waals surface area contributed by atoms with E-state index in [9.17, 15) is 9.59 Å². The molecule has 6 heteroatoms. The van der Waals surface area contributed by atoms with Crippen LogP contribution in [-0.2, 0) is 9.59 Å². The maximum atomic E-state index is 12.6. The summed E-state index contributed by atoms with van der Waals surface area (Å²) in [5, 5.41) is 1.64. The SMILES string of the molecule is O=C1NN(c2cccc(Cl)c2)C(=O)/C1=C/c1ccc(-c2ccccc2)o1. The van der Waals surface area contributed by atoms with Crippen LogP contribution in [0.3, 0.4) is 0 Å². The Hall–Kier alpha value is -3.31. The van der Waals surface area contributed by atoms with Crippen molar-refractivity contribution in [2.45, 2.75) is 0 Å². The van der Waals surface area contributed by atoms with E-state index in [0.717, 1.165) is 5.56 Å². The molecule has 0 bridgehead atoms. The summed E-state index contributed by atoms with van der Waals surface area (Å²) in [6.07, 6.45) is 1.44. The van der Waals surface area contributed by atoms with Crippen molar-refractivity contribution in [1.82, 2.24) is 5.43 Å². The van der Waals surface area contributed by atoms with E-state index in [-0.39, 0.29) is 5.57 Å². The Morgan fingerprint density at radius 1 is 0.962 bits per heavy atom. The van der Waals surface area contributed by atoms with Gasteiger partial charge in [0, 0.05) is 10.6 Å². The van der Waals surface area contributed by atoms with Gasteiger partial charge in [0.25, 0.3) is 11.8 Å². The zero-order chi connectivity index (χ0) is 18.1. The van der Waals surface area contributed by atoms with Gasteiger partial charge < -0.3 is 4.42 Å². The monoisotopic (exact) mass is 364 g/mol. The van der Waals surface area contributed by atoms with Crippen molar-refractivity contribution in [3.8, 4) is 11.3 Å². The molecule has 1 aromatic heterocycles. The molecule has 0 spiro atoms. The molecule has 4 rings (SSSR count). The number of benzene rings is 2. The highest BCUT2D eigenvalue weighted by atomic mass is 35.5. The predicted octanol–water partition coefficient (Wildman–Crippen LogP) is 4.06. The van der Waals surface area contributed by atoms with E-state index < -0.39 is 11.8 Å². The van der Waals surface area contributed by atoms with Gasteiger partial charge in [-0.05, 0) is 36.4 Å². The van der Waals surface area contributed by atoms with Crippen molar-refractivity contribution in [2.75, 3.05) is 5.01 Å². The van der Waals surface area contributed by atoms with Gasteiger partial charge in [-0.15, -0.1) is 0 Å². The molecule has 0 saturated carbocycles. The molecule has 5 nitrogen and oxygen atoms in total. The van der Waals surface area contributed by atoms with Crippen molar-refractivity contribution < 1.29 is 14.0 Å². The minimum atomic E-state index is -0.493. The summed E-state index contributed by atoms with van der Waals surface area (Å²) < 4.78 is 5.74. The quantitative estimate of drug-likeness (QED) is 0.563. The van der Waals surface area contributed by atoms with Gasteiger partial charge in [-0.2, -0.15) is 0 Å². The molecule has 1 aliphatic heterocycles. The Kier molecular flexibility index (Phi) is 4.07. The third-order valence-corrected chi connectivity index (χ3v) is 4.16. The summed E-state index contributed by atoms with van der Waals surface area (Å²) in [7, 11) is 0. The first-order valence-electron chi connectivity index (χ1n) is 7.90.